The van der Waals surface area contributed by atoms with E-state index in [1.807, 2.05) is 12.1 Å². The molecule has 3 rings (SSSR count). The van der Waals surface area contributed by atoms with Gasteiger partial charge in [0.15, 0.2) is 11.5 Å². The first kappa shape index (κ1) is 24.4. The highest BCUT2D eigenvalue weighted by atomic mass is 16.2. The number of Topliss-reactive ketones (excluding diaryl/α,β-unsaturated/α-hetero) is 1. The van der Waals surface area contributed by atoms with Crippen LogP contribution in [-0.4, -0.2) is 45.9 Å². The zero-order chi connectivity index (χ0) is 24.2. The van der Waals surface area contributed by atoms with Crippen LogP contribution in [-0.2, 0) is 20.9 Å². The molecule has 178 valence electrons. The van der Waals surface area contributed by atoms with Crippen molar-refractivity contribution < 1.29 is 19.2 Å². The maximum Gasteiger partial charge on any atom is 0.273 e. The largest absolute Gasteiger partial charge is 0.368 e. The van der Waals surface area contributed by atoms with E-state index in [4.69, 9.17) is 5.73 Å². The molecule has 4 N–H and O–H groups in total. The fourth-order valence-corrected chi connectivity index (χ4v) is 4.27. The molecule has 1 aliphatic rings. The van der Waals surface area contributed by atoms with Crippen LogP contribution in [0.5, 0.6) is 0 Å². The molecular formula is C24H33N5O4. The smallest absolute Gasteiger partial charge is 0.273 e. The molecule has 0 saturated heterocycles. The summed E-state index contributed by atoms with van der Waals surface area (Å²) in [4.78, 5) is 49.8. The molecule has 0 bridgehead atoms. The molecule has 0 unspecified atom stereocenters. The van der Waals surface area contributed by atoms with Crippen LogP contribution in [0.25, 0.3) is 10.9 Å². The molecule has 1 fully saturated rings. The molecule has 1 heterocycles. The number of aromatic nitrogens is 2. The number of carbonyl (C=O) groups excluding carboxylic acids is 4. The summed E-state index contributed by atoms with van der Waals surface area (Å²) in [6, 6.07) is 6.32. The maximum absolute atomic E-state index is 13.2. The Hall–Kier alpha value is -3.23. The third kappa shape index (κ3) is 5.97. The minimum Gasteiger partial charge on any atom is -0.368 e. The van der Waals surface area contributed by atoms with E-state index >= 15 is 0 Å². The maximum atomic E-state index is 13.2. The fourth-order valence-electron chi connectivity index (χ4n) is 4.27. The Balaban J connectivity index is 1.84. The number of hydrogen-bond donors (Lipinski definition) is 3. The van der Waals surface area contributed by atoms with E-state index in [2.05, 4.69) is 15.7 Å². The van der Waals surface area contributed by atoms with Crippen molar-refractivity contribution >= 4 is 34.4 Å². The van der Waals surface area contributed by atoms with Gasteiger partial charge in [-0.15, -0.1) is 0 Å². The van der Waals surface area contributed by atoms with E-state index < -0.39 is 29.2 Å². The summed E-state index contributed by atoms with van der Waals surface area (Å²) in [5.41, 5.74) is 5.33. The summed E-state index contributed by atoms with van der Waals surface area (Å²) in [5, 5.41) is 10.3. The molecule has 1 aromatic carbocycles. The molecule has 9 nitrogen and oxygen atoms in total. The van der Waals surface area contributed by atoms with E-state index in [-0.39, 0.29) is 30.5 Å². The molecule has 1 atom stereocenters. The van der Waals surface area contributed by atoms with Gasteiger partial charge < -0.3 is 16.4 Å². The lowest BCUT2D eigenvalue weighted by atomic mass is 9.86. The van der Waals surface area contributed by atoms with E-state index in [1.54, 1.807) is 37.6 Å². The predicted molar refractivity (Wildman–Crippen MR) is 124 cm³/mol. The van der Waals surface area contributed by atoms with Crippen molar-refractivity contribution in [3.8, 4) is 0 Å². The van der Waals surface area contributed by atoms with Gasteiger partial charge in [-0.25, -0.2) is 0 Å². The average molecular weight is 456 g/mol. The number of primary amides is 1. The van der Waals surface area contributed by atoms with Crippen LogP contribution in [0.4, 0.5) is 0 Å². The molecule has 3 amide bonds. The molecule has 0 aliphatic heterocycles. The summed E-state index contributed by atoms with van der Waals surface area (Å²) in [6.07, 6.45) is 5.10. The minimum atomic E-state index is -0.919. The van der Waals surface area contributed by atoms with E-state index in [0.29, 0.717) is 10.9 Å². The molecule has 1 aliphatic carbocycles. The lowest BCUT2D eigenvalue weighted by Gasteiger charge is -2.30. The molecule has 1 saturated carbocycles. The average Bonchev–Trinajstić information content (AvgIpc) is 3.14. The molecule has 0 radical (unpaired) electrons. The lowest BCUT2D eigenvalue weighted by Crippen LogP contribution is -2.54. The third-order valence-corrected chi connectivity index (χ3v) is 6.08. The number of rotatable bonds is 8. The highest BCUT2D eigenvalue weighted by molar-refractivity contribution is 6.06. The van der Waals surface area contributed by atoms with Crippen molar-refractivity contribution in [1.29, 1.82) is 0 Å². The van der Waals surface area contributed by atoms with E-state index in [9.17, 15) is 19.2 Å². The Morgan fingerprint density at radius 1 is 1.12 bits per heavy atom. The molecule has 1 aromatic heterocycles. The van der Waals surface area contributed by atoms with Crippen LogP contribution < -0.4 is 16.4 Å². The Bertz CT molecular complexity index is 1050. The second kappa shape index (κ2) is 10.1. The first-order valence-corrected chi connectivity index (χ1v) is 11.4. The van der Waals surface area contributed by atoms with Crippen LogP contribution in [0.3, 0.4) is 0 Å². The zero-order valence-corrected chi connectivity index (χ0v) is 19.5. The van der Waals surface area contributed by atoms with Crippen molar-refractivity contribution in [3.63, 3.8) is 0 Å². The number of hydrogen-bond acceptors (Lipinski definition) is 5. The lowest BCUT2D eigenvalue weighted by molar-refractivity contribution is -0.128. The Morgan fingerprint density at radius 2 is 1.79 bits per heavy atom. The van der Waals surface area contributed by atoms with Crippen LogP contribution in [0, 0.1) is 11.3 Å². The number of nitrogens with zero attached hydrogens (tertiary/aromatic N) is 2. The normalized spacial score (nSPS) is 15.7. The highest BCUT2D eigenvalue weighted by Gasteiger charge is 2.34. The first-order valence-electron chi connectivity index (χ1n) is 11.4. The van der Waals surface area contributed by atoms with Crippen LogP contribution >= 0.6 is 0 Å². The SMILES string of the molecule is CC(C)(C)[C@H](NC(=O)c1nn(CC(=O)C2CCCCC2)c2ccccc12)C(=O)NCC(N)=O. The number of carbonyl (C=O) groups is 4. The van der Waals surface area contributed by atoms with Crippen molar-refractivity contribution in [3.05, 3.63) is 30.0 Å². The second-order valence-electron chi connectivity index (χ2n) is 9.78. The number of para-hydroxylation sites is 1. The molecular weight excluding hydrogens is 422 g/mol. The van der Waals surface area contributed by atoms with Gasteiger partial charge in [0.25, 0.3) is 5.91 Å². The monoisotopic (exact) mass is 455 g/mol. The van der Waals surface area contributed by atoms with E-state index in [1.165, 1.54) is 6.42 Å². The number of amides is 3. The number of fused-ring (bicyclic) bond motifs is 1. The first-order chi connectivity index (χ1) is 15.6. The summed E-state index contributed by atoms with van der Waals surface area (Å²) >= 11 is 0. The van der Waals surface area contributed by atoms with Gasteiger partial charge in [0.1, 0.15) is 12.6 Å². The Kier molecular flexibility index (Phi) is 7.50. The van der Waals surface area contributed by atoms with Crippen molar-refractivity contribution in [1.82, 2.24) is 20.4 Å². The predicted octanol–water partition coefficient (Wildman–Crippen LogP) is 1.93. The Labute approximate surface area is 193 Å². The van der Waals surface area contributed by atoms with E-state index in [0.717, 1.165) is 25.7 Å². The van der Waals surface area contributed by atoms with Gasteiger partial charge in [-0.2, -0.15) is 5.10 Å². The quantitative estimate of drug-likeness (QED) is 0.559. The van der Waals surface area contributed by atoms with Crippen molar-refractivity contribution in [2.75, 3.05) is 6.54 Å². The Morgan fingerprint density at radius 3 is 2.42 bits per heavy atom. The van der Waals surface area contributed by atoms with Crippen LogP contribution in [0.15, 0.2) is 24.3 Å². The van der Waals surface area contributed by atoms with Crippen molar-refractivity contribution in [2.24, 2.45) is 17.1 Å². The van der Waals surface area contributed by atoms with Gasteiger partial charge in [-0.05, 0) is 24.3 Å². The van der Waals surface area contributed by atoms with Crippen molar-refractivity contribution in [2.45, 2.75) is 65.5 Å². The number of nitrogens with one attached hydrogen (secondary N) is 2. The summed E-state index contributed by atoms with van der Waals surface area (Å²) in [6.45, 7) is 5.21. The third-order valence-electron chi connectivity index (χ3n) is 6.08. The molecule has 2 aromatic rings. The van der Waals surface area contributed by atoms with Gasteiger partial charge in [-0.3, -0.25) is 23.9 Å². The van der Waals surface area contributed by atoms with Gasteiger partial charge in [0.05, 0.1) is 12.1 Å². The highest BCUT2D eigenvalue weighted by Crippen LogP contribution is 2.26. The molecule has 0 spiro atoms. The topological polar surface area (TPSA) is 136 Å². The summed E-state index contributed by atoms with van der Waals surface area (Å²) < 4.78 is 1.58. The van der Waals surface area contributed by atoms with Gasteiger partial charge in [-0.1, -0.05) is 58.2 Å². The van der Waals surface area contributed by atoms with Crippen LogP contribution in [0.1, 0.15) is 63.4 Å². The minimum absolute atomic E-state index is 0.0400. The number of nitrogens with two attached hydrogens (primary N) is 1. The standard InChI is InChI=1S/C24H33N5O4/c1-24(2,3)21(23(33)26-13-19(25)31)27-22(32)20-16-11-7-8-12-17(16)29(28-20)14-18(30)15-9-5-4-6-10-15/h7-8,11-12,15,21H,4-6,9-10,13-14H2,1-3H3,(H2,25,31)(H,26,33)(H,27,32)/t21-/m1/s1. The zero-order valence-electron chi connectivity index (χ0n) is 19.5. The van der Waals surface area contributed by atoms with Gasteiger partial charge in [0.2, 0.25) is 11.8 Å². The molecule has 33 heavy (non-hydrogen) atoms. The second-order valence-corrected chi connectivity index (χ2v) is 9.78. The van der Waals surface area contributed by atoms with Gasteiger partial charge in [0, 0.05) is 11.3 Å². The van der Waals surface area contributed by atoms with Crippen LogP contribution in [0.2, 0.25) is 0 Å². The summed E-state index contributed by atoms with van der Waals surface area (Å²) in [7, 11) is 0. The molecule has 9 heteroatoms. The number of benzene rings is 1. The summed E-state index contributed by atoms with van der Waals surface area (Å²) in [5.74, 6) is -1.53. The van der Waals surface area contributed by atoms with Gasteiger partial charge >= 0.3 is 0 Å². The number of ketones is 1. The fraction of sp³-hybridized carbons (Fsp3) is 0.542.